The molecule has 21 heavy (non-hydrogen) atoms. The number of nitrogens with zero attached hydrogens (tertiary/aromatic N) is 2. The highest BCUT2D eigenvalue weighted by atomic mass is 32.2. The van der Waals surface area contributed by atoms with E-state index in [0.717, 1.165) is 24.4 Å². The summed E-state index contributed by atoms with van der Waals surface area (Å²) in [6.07, 6.45) is 0.854. The molecule has 0 amide bonds. The third-order valence-electron chi connectivity index (χ3n) is 3.43. The Bertz CT molecular complexity index is 585. The molecule has 0 radical (unpaired) electrons. The van der Waals surface area contributed by atoms with Gasteiger partial charge in [0.2, 0.25) is 0 Å². The van der Waals surface area contributed by atoms with Crippen LogP contribution in [0, 0.1) is 0 Å². The lowest BCUT2D eigenvalue weighted by molar-refractivity contribution is 0.559. The number of hydrogen-bond acceptors (Lipinski definition) is 4. The van der Waals surface area contributed by atoms with Gasteiger partial charge in [0, 0.05) is 34.9 Å². The van der Waals surface area contributed by atoms with Crippen molar-refractivity contribution in [1.29, 1.82) is 0 Å². The van der Waals surface area contributed by atoms with Crippen LogP contribution in [0.2, 0.25) is 0 Å². The number of fused-ring (bicyclic) bond motifs is 1. The van der Waals surface area contributed by atoms with Crippen molar-refractivity contribution in [2.45, 2.75) is 51.4 Å². The highest BCUT2D eigenvalue weighted by molar-refractivity contribution is 8.00. The van der Waals surface area contributed by atoms with Crippen molar-refractivity contribution in [3.05, 3.63) is 30.0 Å². The number of benzene rings is 1. The Hall–Kier alpha value is -1.04. The van der Waals surface area contributed by atoms with Crippen molar-refractivity contribution in [2.75, 3.05) is 5.75 Å². The molecule has 1 heterocycles. The molecule has 1 unspecified atom stereocenters. The number of aryl methyl sites for hydroxylation is 1. The Kier molecular flexibility index (Phi) is 5.30. The van der Waals surface area contributed by atoms with E-state index in [1.807, 2.05) is 11.8 Å². The summed E-state index contributed by atoms with van der Waals surface area (Å²) in [5, 5.41) is 5.99. The lowest BCUT2D eigenvalue weighted by Crippen LogP contribution is -2.39. The van der Waals surface area contributed by atoms with Crippen molar-refractivity contribution in [3.8, 4) is 0 Å². The van der Waals surface area contributed by atoms with Gasteiger partial charge >= 0.3 is 0 Å². The number of hydrogen-bond donors (Lipinski definition) is 2. The van der Waals surface area contributed by atoms with Crippen LogP contribution >= 0.6 is 11.8 Å². The molecule has 1 aromatic heterocycles. The first kappa shape index (κ1) is 16.3. The van der Waals surface area contributed by atoms with Crippen molar-refractivity contribution in [3.63, 3.8) is 0 Å². The molecule has 1 aromatic carbocycles. The molecule has 1 atom stereocenters. The summed E-state index contributed by atoms with van der Waals surface area (Å²) in [4.78, 5) is 0. The van der Waals surface area contributed by atoms with Gasteiger partial charge in [-0.25, -0.2) is 0 Å². The highest BCUT2D eigenvalue weighted by Crippen LogP contribution is 2.25. The standard InChI is InChI=1S/C16H26N4S/c1-5-20-15-9-7-6-8-13(15)14(19-20)10-12(18-17)11-21-16(2,3)4/h6-9,12,18H,5,10-11,17H2,1-4H3. The number of hydrazine groups is 1. The van der Waals surface area contributed by atoms with Crippen molar-refractivity contribution in [2.24, 2.45) is 5.84 Å². The fourth-order valence-corrected chi connectivity index (χ4v) is 3.25. The van der Waals surface area contributed by atoms with Gasteiger partial charge in [-0.2, -0.15) is 16.9 Å². The van der Waals surface area contributed by atoms with E-state index in [-0.39, 0.29) is 10.8 Å². The molecule has 4 nitrogen and oxygen atoms in total. The van der Waals surface area contributed by atoms with E-state index in [4.69, 9.17) is 10.9 Å². The topological polar surface area (TPSA) is 55.9 Å². The fraction of sp³-hybridized carbons (Fsp3) is 0.562. The van der Waals surface area contributed by atoms with E-state index >= 15 is 0 Å². The van der Waals surface area contributed by atoms with E-state index in [9.17, 15) is 0 Å². The van der Waals surface area contributed by atoms with Gasteiger partial charge < -0.3 is 0 Å². The maximum absolute atomic E-state index is 5.74. The highest BCUT2D eigenvalue weighted by Gasteiger charge is 2.18. The Labute approximate surface area is 131 Å². The lowest BCUT2D eigenvalue weighted by Gasteiger charge is -2.22. The number of nitrogens with two attached hydrogens (primary N) is 1. The summed E-state index contributed by atoms with van der Waals surface area (Å²) in [5.74, 6) is 6.71. The zero-order valence-corrected chi connectivity index (χ0v) is 14.2. The van der Waals surface area contributed by atoms with Crippen LogP contribution in [0.15, 0.2) is 24.3 Å². The third-order valence-corrected chi connectivity index (χ3v) is 4.86. The van der Waals surface area contributed by atoms with Crippen molar-refractivity contribution in [1.82, 2.24) is 15.2 Å². The van der Waals surface area contributed by atoms with E-state index in [0.29, 0.717) is 0 Å². The number of aromatic nitrogens is 2. The smallest absolute Gasteiger partial charge is 0.0719 e. The average molecular weight is 306 g/mol. The number of rotatable bonds is 6. The molecule has 3 N–H and O–H groups in total. The summed E-state index contributed by atoms with van der Waals surface area (Å²) >= 11 is 1.93. The predicted molar refractivity (Wildman–Crippen MR) is 92.4 cm³/mol. The van der Waals surface area contributed by atoms with Crippen LogP contribution in [0.25, 0.3) is 10.9 Å². The second-order valence-corrected chi connectivity index (χ2v) is 8.12. The van der Waals surface area contributed by atoms with Crippen LogP contribution in [0.3, 0.4) is 0 Å². The molecule has 0 saturated carbocycles. The van der Waals surface area contributed by atoms with Gasteiger partial charge in [0.15, 0.2) is 0 Å². The first-order chi connectivity index (χ1) is 9.94. The molecule has 0 saturated heterocycles. The molecule has 0 spiro atoms. The largest absolute Gasteiger partial charge is 0.271 e. The molecular formula is C16H26N4S. The zero-order valence-electron chi connectivity index (χ0n) is 13.4. The molecular weight excluding hydrogens is 280 g/mol. The van der Waals surface area contributed by atoms with Crippen molar-refractivity contribution < 1.29 is 0 Å². The van der Waals surface area contributed by atoms with Crippen LogP contribution in [0.1, 0.15) is 33.4 Å². The van der Waals surface area contributed by atoms with Gasteiger partial charge in [-0.3, -0.25) is 16.0 Å². The Morgan fingerprint density at radius 3 is 2.67 bits per heavy atom. The van der Waals surface area contributed by atoms with E-state index < -0.39 is 0 Å². The lowest BCUT2D eigenvalue weighted by atomic mass is 10.1. The first-order valence-corrected chi connectivity index (χ1v) is 8.47. The van der Waals surface area contributed by atoms with Gasteiger partial charge in [-0.1, -0.05) is 39.0 Å². The molecule has 0 aliphatic heterocycles. The fourth-order valence-electron chi connectivity index (χ4n) is 2.34. The summed E-state index contributed by atoms with van der Waals surface area (Å²) in [7, 11) is 0. The molecule has 0 bridgehead atoms. The van der Waals surface area contributed by atoms with Crippen LogP contribution < -0.4 is 11.3 Å². The van der Waals surface area contributed by atoms with Gasteiger partial charge in [0.25, 0.3) is 0 Å². The SMILES string of the molecule is CCn1nc(CC(CSC(C)(C)C)NN)c2ccccc21. The van der Waals surface area contributed by atoms with Gasteiger partial charge in [0.05, 0.1) is 11.2 Å². The molecule has 116 valence electrons. The normalized spacial score (nSPS) is 13.8. The van der Waals surface area contributed by atoms with E-state index in [1.54, 1.807) is 0 Å². The van der Waals surface area contributed by atoms with E-state index in [1.165, 1.54) is 10.9 Å². The average Bonchev–Trinajstić information content (AvgIpc) is 2.80. The molecule has 0 aliphatic carbocycles. The maximum atomic E-state index is 5.74. The van der Waals surface area contributed by atoms with Gasteiger partial charge in [-0.05, 0) is 13.0 Å². The van der Waals surface area contributed by atoms with Gasteiger partial charge in [0.1, 0.15) is 0 Å². The Morgan fingerprint density at radius 1 is 1.33 bits per heavy atom. The van der Waals surface area contributed by atoms with Gasteiger partial charge in [-0.15, -0.1) is 0 Å². The Morgan fingerprint density at radius 2 is 2.05 bits per heavy atom. The summed E-state index contributed by atoms with van der Waals surface area (Å²) < 4.78 is 2.31. The summed E-state index contributed by atoms with van der Waals surface area (Å²) in [6, 6.07) is 8.65. The first-order valence-electron chi connectivity index (χ1n) is 7.49. The Balaban J connectivity index is 2.18. The third kappa shape index (κ3) is 4.22. The quantitative estimate of drug-likeness (QED) is 0.636. The molecule has 2 aromatic rings. The van der Waals surface area contributed by atoms with Crippen molar-refractivity contribution >= 4 is 22.7 Å². The minimum absolute atomic E-state index is 0.234. The second-order valence-electron chi connectivity index (χ2n) is 6.27. The maximum Gasteiger partial charge on any atom is 0.0719 e. The molecule has 0 aliphatic rings. The molecule has 2 rings (SSSR count). The minimum Gasteiger partial charge on any atom is -0.271 e. The molecule has 5 heteroatoms. The molecule has 0 fully saturated rings. The van der Waals surface area contributed by atoms with Crippen LogP contribution in [0.5, 0.6) is 0 Å². The predicted octanol–water partition coefficient (Wildman–Crippen LogP) is 2.96. The minimum atomic E-state index is 0.234. The van der Waals surface area contributed by atoms with Crippen LogP contribution in [-0.4, -0.2) is 26.3 Å². The second kappa shape index (κ2) is 6.81. The number of para-hydroxylation sites is 1. The van der Waals surface area contributed by atoms with Crippen LogP contribution in [-0.2, 0) is 13.0 Å². The summed E-state index contributed by atoms with van der Waals surface area (Å²) in [5.41, 5.74) is 5.28. The van der Waals surface area contributed by atoms with Crippen LogP contribution in [0.4, 0.5) is 0 Å². The number of thioether (sulfide) groups is 1. The monoisotopic (exact) mass is 306 g/mol. The zero-order chi connectivity index (χ0) is 15.5. The van der Waals surface area contributed by atoms with E-state index in [2.05, 4.69) is 62.1 Å². The number of nitrogens with one attached hydrogen (secondary N) is 1. The summed E-state index contributed by atoms with van der Waals surface area (Å²) in [6.45, 7) is 9.70.